The zero-order valence-corrected chi connectivity index (χ0v) is 13.1. The molecular weight excluding hydrogens is 415 g/mol. The second-order valence-electron chi connectivity index (χ2n) is 3.75. The molecule has 0 unspecified atom stereocenters. The van der Waals surface area contributed by atoms with E-state index in [0.717, 1.165) is 0 Å². The number of hydrogen-bond acceptors (Lipinski definition) is 3. The maximum atomic E-state index is 13.7. The first-order valence-electron chi connectivity index (χ1n) is 4.80. The van der Waals surface area contributed by atoms with Crippen molar-refractivity contribution in [3.05, 3.63) is 26.6 Å². The summed E-state index contributed by atoms with van der Waals surface area (Å²) in [6.07, 6.45) is -0.897. The summed E-state index contributed by atoms with van der Waals surface area (Å²) >= 11 is 6.09. The van der Waals surface area contributed by atoms with Gasteiger partial charge in [-0.15, -0.1) is 12.4 Å². The summed E-state index contributed by atoms with van der Waals surface area (Å²) in [6.45, 7) is -0.973. The Bertz CT molecular complexity index is 493. The molecule has 0 aliphatic carbocycles. The van der Waals surface area contributed by atoms with E-state index >= 15 is 0 Å². The van der Waals surface area contributed by atoms with Crippen LogP contribution in [-0.4, -0.2) is 23.7 Å². The third-order valence-electron chi connectivity index (χ3n) is 2.45. The number of cyclic esters (lactones) is 1. The van der Waals surface area contributed by atoms with E-state index in [1.165, 1.54) is 12.1 Å². The Labute approximate surface area is 130 Å². The molecular formula is C10H8Br2ClF2NO3. The number of carbonyl (C=O) groups excluding carboxylic acids is 1. The van der Waals surface area contributed by atoms with Crippen LogP contribution < -0.4 is 5.32 Å². The zero-order chi connectivity index (χ0) is 13.5. The number of halogens is 5. The van der Waals surface area contributed by atoms with Crippen molar-refractivity contribution < 1.29 is 23.4 Å². The van der Waals surface area contributed by atoms with Crippen molar-refractivity contribution in [2.24, 2.45) is 0 Å². The average molecular weight is 423 g/mol. The molecule has 9 heteroatoms. The molecule has 2 rings (SSSR count). The van der Waals surface area contributed by atoms with Gasteiger partial charge in [-0.05, 0) is 49.6 Å². The molecule has 0 bridgehead atoms. The molecule has 1 aliphatic rings. The molecule has 0 spiro atoms. The summed E-state index contributed by atoms with van der Waals surface area (Å²) in [5, 5.41) is 11.6. The number of phenols is 1. The Balaban J connectivity index is 0.00000180. The lowest BCUT2D eigenvalue weighted by atomic mass is 10.00. The largest absolute Gasteiger partial charge is 0.506 e. The van der Waals surface area contributed by atoms with Crippen LogP contribution in [0.2, 0.25) is 0 Å². The van der Waals surface area contributed by atoms with Crippen LogP contribution in [0.5, 0.6) is 5.75 Å². The number of rotatable bonds is 1. The Hall–Kier alpha value is -0.600. The highest BCUT2D eigenvalue weighted by atomic mass is 79.9. The first-order valence-corrected chi connectivity index (χ1v) is 6.39. The molecule has 4 nitrogen and oxygen atoms in total. The molecule has 0 aromatic heterocycles. The summed E-state index contributed by atoms with van der Waals surface area (Å²) in [6, 6.07) is 1.15. The van der Waals surface area contributed by atoms with E-state index in [4.69, 9.17) is 0 Å². The molecule has 1 aromatic rings. The molecule has 1 amide bonds. The van der Waals surface area contributed by atoms with Gasteiger partial charge in [-0.3, -0.25) is 0 Å². The van der Waals surface area contributed by atoms with Crippen LogP contribution in [0.4, 0.5) is 13.6 Å². The third kappa shape index (κ3) is 3.29. The van der Waals surface area contributed by atoms with Crippen LogP contribution in [0.25, 0.3) is 0 Å². The summed E-state index contributed by atoms with van der Waals surface area (Å²) in [7, 11) is 0. The van der Waals surface area contributed by atoms with Crippen molar-refractivity contribution in [2.75, 3.05) is 6.61 Å². The summed E-state index contributed by atoms with van der Waals surface area (Å²) in [5.74, 6) is -3.32. The van der Waals surface area contributed by atoms with E-state index in [1.807, 2.05) is 0 Å². The van der Waals surface area contributed by atoms with Crippen molar-refractivity contribution in [2.45, 2.75) is 12.0 Å². The lowest BCUT2D eigenvalue weighted by Gasteiger charge is -2.32. The standard InChI is InChI=1S/C10H7Br2F2NO3.ClH/c11-5-1-4(2-6(12)7(5)16)8-10(13,14)3-18-9(17)15-8;/h1-2,8,16H,3H2,(H,15,17);1H/t8-;/m0./s1. The van der Waals surface area contributed by atoms with Gasteiger partial charge in [-0.25, -0.2) is 13.6 Å². The Morgan fingerprint density at radius 3 is 2.42 bits per heavy atom. The molecule has 0 radical (unpaired) electrons. The molecule has 2 N–H and O–H groups in total. The SMILES string of the molecule is Cl.O=C1N[C@@H](c2cc(Br)c(O)c(Br)c2)C(F)(F)CO1. The second-order valence-corrected chi connectivity index (χ2v) is 5.46. The van der Waals surface area contributed by atoms with Gasteiger partial charge < -0.3 is 15.2 Å². The number of phenolic OH excluding ortho intramolecular Hbond substituents is 1. The number of nitrogens with one attached hydrogen (secondary N) is 1. The van der Waals surface area contributed by atoms with Crippen molar-refractivity contribution in [3.8, 4) is 5.75 Å². The highest BCUT2D eigenvalue weighted by Crippen LogP contribution is 2.40. The number of carbonyl (C=O) groups is 1. The lowest BCUT2D eigenvalue weighted by Crippen LogP contribution is -2.49. The van der Waals surface area contributed by atoms with Gasteiger partial charge in [0.2, 0.25) is 0 Å². The number of benzene rings is 1. The van der Waals surface area contributed by atoms with Gasteiger partial charge in [0.1, 0.15) is 11.8 Å². The van der Waals surface area contributed by atoms with E-state index in [1.54, 1.807) is 0 Å². The molecule has 19 heavy (non-hydrogen) atoms. The molecule has 0 saturated carbocycles. The Morgan fingerprint density at radius 1 is 1.37 bits per heavy atom. The smallest absolute Gasteiger partial charge is 0.408 e. The van der Waals surface area contributed by atoms with Crippen molar-refractivity contribution in [1.82, 2.24) is 5.32 Å². The number of aromatic hydroxyl groups is 1. The number of alkyl carbamates (subject to hydrolysis) is 1. The molecule has 1 saturated heterocycles. The fourth-order valence-electron chi connectivity index (χ4n) is 1.59. The predicted octanol–water partition coefficient (Wildman–Crippen LogP) is 3.76. The number of amides is 1. The predicted molar refractivity (Wildman–Crippen MR) is 72.9 cm³/mol. The lowest BCUT2D eigenvalue weighted by molar-refractivity contribution is -0.104. The minimum atomic E-state index is -3.22. The van der Waals surface area contributed by atoms with Crippen molar-refractivity contribution >= 4 is 50.4 Å². The zero-order valence-electron chi connectivity index (χ0n) is 9.12. The van der Waals surface area contributed by atoms with Gasteiger partial charge in [0.05, 0.1) is 8.95 Å². The van der Waals surface area contributed by atoms with E-state index in [-0.39, 0.29) is 32.7 Å². The first kappa shape index (κ1) is 16.5. The number of alkyl halides is 2. The summed E-state index contributed by atoms with van der Waals surface area (Å²) in [5.41, 5.74) is 0.160. The monoisotopic (exact) mass is 421 g/mol. The minimum Gasteiger partial charge on any atom is -0.506 e. The van der Waals surface area contributed by atoms with Crippen LogP contribution in [0, 0.1) is 0 Å². The average Bonchev–Trinajstić information content (AvgIpc) is 2.28. The van der Waals surface area contributed by atoms with E-state index in [2.05, 4.69) is 41.9 Å². The van der Waals surface area contributed by atoms with Gasteiger partial charge in [-0.1, -0.05) is 0 Å². The van der Waals surface area contributed by atoms with Gasteiger partial charge in [-0.2, -0.15) is 0 Å². The van der Waals surface area contributed by atoms with E-state index in [0.29, 0.717) is 0 Å². The number of ether oxygens (including phenoxy) is 1. The van der Waals surface area contributed by atoms with Crippen LogP contribution in [0.15, 0.2) is 21.1 Å². The van der Waals surface area contributed by atoms with Gasteiger partial charge in [0.15, 0.2) is 6.61 Å². The highest BCUT2D eigenvalue weighted by molar-refractivity contribution is 9.11. The van der Waals surface area contributed by atoms with Gasteiger partial charge >= 0.3 is 12.0 Å². The van der Waals surface area contributed by atoms with Crippen LogP contribution in [0.1, 0.15) is 11.6 Å². The van der Waals surface area contributed by atoms with Gasteiger partial charge in [0.25, 0.3) is 0 Å². The van der Waals surface area contributed by atoms with Crippen molar-refractivity contribution in [3.63, 3.8) is 0 Å². The van der Waals surface area contributed by atoms with Crippen molar-refractivity contribution in [1.29, 1.82) is 0 Å². The summed E-state index contributed by atoms with van der Waals surface area (Å²) < 4.78 is 32.1. The molecule has 1 fully saturated rings. The molecule has 1 aromatic carbocycles. The number of hydrogen-bond donors (Lipinski definition) is 2. The van der Waals surface area contributed by atoms with Crippen LogP contribution in [0.3, 0.4) is 0 Å². The van der Waals surface area contributed by atoms with Crippen LogP contribution in [-0.2, 0) is 4.74 Å². The molecule has 1 atom stereocenters. The normalized spacial score (nSPS) is 21.1. The molecule has 1 heterocycles. The topological polar surface area (TPSA) is 58.6 Å². The van der Waals surface area contributed by atoms with E-state index in [9.17, 15) is 18.7 Å². The van der Waals surface area contributed by atoms with E-state index < -0.39 is 24.7 Å². The quantitative estimate of drug-likeness (QED) is 0.723. The minimum absolute atomic E-state index is 0. The fourth-order valence-corrected chi connectivity index (χ4v) is 2.81. The maximum Gasteiger partial charge on any atom is 0.408 e. The first-order chi connectivity index (χ1) is 8.31. The molecule has 106 valence electrons. The third-order valence-corrected chi connectivity index (χ3v) is 3.66. The Kier molecular flexibility index (Phi) is 5.02. The summed E-state index contributed by atoms with van der Waals surface area (Å²) in [4.78, 5) is 11.0. The Morgan fingerprint density at radius 2 is 1.89 bits per heavy atom. The highest BCUT2D eigenvalue weighted by Gasteiger charge is 2.47. The maximum absolute atomic E-state index is 13.7. The van der Waals surface area contributed by atoms with Gasteiger partial charge in [0, 0.05) is 0 Å². The fraction of sp³-hybridized carbons (Fsp3) is 0.300. The second kappa shape index (κ2) is 5.80. The molecule has 1 aliphatic heterocycles. The van der Waals surface area contributed by atoms with Crippen LogP contribution >= 0.6 is 44.3 Å².